The van der Waals surface area contributed by atoms with Crippen LogP contribution in [-0.2, 0) is 17.8 Å². The molecule has 0 fully saturated rings. The Kier molecular flexibility index (Phi) is 5.73. The van der Waals surface area contributed by atoms with E-state index < -0.39 is 6.10 Å². The average Bonchev–Trinajstić information content (AvgIpc) is 3.43. The lowest BCUT2D eigenvalue weighted by Crippen LogP contribution is -2.41. The molecule has 0 radical (unpaired) electrons. The van der Waals surface area contributed by atoms with Gasteiger partial charge in [0.2, 0.25) is 6.79 Å². The topological polar surface area (TPSA) is 51.2 Å². The normalized spacial score (nSPS) is 18.9. The zero-order valence-electron chi connectivity index (χ0n) is 16.7. The SMILES string of the molecule is OC(COCc1ccc2c(c1)OCO2)CN1CCc2sccc2C1c1ccccc1. The quantitative estimate of drug-likeness (QED) is 0.623. The number of ether oxygens (including phenoxy) is 3. The Bertz CT molecular complexity index is 990. The van der Waals surface area contributed by atoms with Gasteiger partial charge in [-0.3, -0.25) is 4.90 Å². The fourth-order valence-electron chi connectivity index (χ4n) is 4.26. The van der Waals surface area contributed by atoms with Crippen molar-refractivity contribution in [3.05, 3.63) is 81.5 Å². The standard InChI is InChI=1S/C24H25NO4S/c26-19(15-27-14-17-6-7-21-22(12-17)29-16-28-21)13-25-10-8-23-20(9-11-30-23)24(25)18-4-2-1-3-5-18/h1-7,9,11-12,19,24,26H,8,10,13-16H2. The van der Waals surface area contributed by atoms with Gasteiger partial charge in [0, 0.05) is 18.0 Å². The molecule has 0 aliphatic carbocycles. The Morgan fingerprint density at radius 1 is 1.10 bits per heavy atom. The van der Waals surface area contributed by atoms with Gasteiger partial charge in [0.25, 0.3) is 0 Å². The minimum absolute atomic E-state index is 0.185. The Morgan fingerprint density at radius 2 is 1.97 bits per heavy atom. The number of rotatable bonds is 7. The van der Waals surface area contributed by atoms with Crippen LogP contribution in [0.1, 0.15) is 27.6 Å². The van der Waals surface area contributed by atoms with Gasteiger partial charge in [0.1, 0.15) is 0 Å². The lowest BCUT2D eigenvalue weighted by Gasteiger charge is -2.37. The number of aliphatic hydroxyl groups excluding tert-OH is 1. The summed E-state index contributed by atoms with van der Waals surface area (Å²) in [6.45, 7) is 2.51. The van der Waals surface area contributed by atoms with Crippen molar-refractivity contribution in [3.8, 4) is 11.5 Å². The van der Waals surface area contributed by atoms with Crippen LogP contribution in [0.15, 0.2) is 60.0 Å². The highest BCUT2D eigenvalue weighted by atomic mass is 32.1. The summed E-state index contributed by atoms with van der Waals surface area (Å²) < 4.78 is 16.6. The van der Waals surface area contributed by atoms with Crippen LogP contribution in [0.5, 0.6) is 11.5 Å². The Morgan fingerprint density at radius 3 is 2.87 bits per heavy atom. The number of hydrogen-bond donors (Lipinski definition) is 1. The Hall–Kier alpha value is -2.38. The van der Waals surface area contributed by atoms with E-state index in [1.54, 1.807) is 0 Å². The highest BCUT2D eigenvalue weighted by molar-refractivity contribution is 7.10. The largest absolute Gasteiger partial charge is 0.454 e. The fourth-order valence-corrected chi connectivity index (χ4v) is 5.16. The summed E-state index contributed by atoms with van der Waals surface area (Å²) in [7, 11) is 0. The number of aliphatic hydroxyl groups is 1. The third kappa shape index (κ3) is 4.09. The molecule has 0 saturated heterocycles. The van der Waals surface area contributed by atoms with Crippen LogP contribution in [0, 0.1) is 0 Å². The van der Waals surface area contributed by atoms with Gasteiger partial charge >= 0.3 is 0 Å². The minimum Gasteiger partial charge on any atom is -0.454 e. The minimum atomic E-state index is -0.551. The van der Waals surface area contributed by atoms with Crippen molar-refractivity contribution in [2.24, 2.45) is 0 Å². The number of thiophene rings is 1. The molecule has 0 saturated carbocycles. The van der Waals surface area contributed by atoms with Gasteiger partial charge in [0.05, 0.1) is 25.4 Å². The predicted molar refractivity (Wildman–Crippen MR) is 116 cm³/mol. The van der Waals surface area contributed by atoms with Crippen LogP contribution in [0.4, 0.5) is 0 Å². The smallest absolute Gasteiger partial charge is 0.231 e. The molecule has 2 aliphatic rings. The maximum atomic E-state index is 10.7. The monoisotopic (exact) mass is 423 g/mol. The zero-order valence-corrected chi connectivity index (χ0v) is 17.5. The summed E-state index contributed by atoms with van der Waals surface area (Å²) in [5, 5.41) is 12.9. The van der Waals surface area contributed by atoms with Crippen molar-refractivity contribution in [1.82, 2.24) is 4.90 Å². The van der Waals surface area contributed by atoms with E-state index in [1.807, 2.05) is 35.6 Å². The van der Waals surface area contributed by atoms with Crippen LogP contribution in [0.25, 0.3) is 0 Å². The van der Waals surface area contributed by atoms with Crippen LogP contribution in [-0.4, -0.2) is 42.6 Å². The lowest BCUT2D eigenvalue weighted by atomic mass is 9.93. The first kappa shape index (κ1) is 19.6. The predicted octanol–water partition coefficient (Wildman–Crippen LogP) is 4.00. The van der Waals surface area contributed by atoms with E-state index in [1.165, 1.54) is 16.0 Å². The third-order valence-electron chi connectivity index (χ3n) is 5.64. The van der Waals surface area contributed by atoms with Crippen molar-refractivity contribution >= 4 is 11.3 Å². The summed E-state index contributed by atoms with van der Waals surface area (Å²) in [5.74, 6) is 1.52. The van der Waals surface area contributed by atoms with Crippen molar-refractivity contribution in [1.29, 1.82) is 0 Å². The van der Waals surface area contributed by atoms with Crippen LogP contribution in [0.2, 0.25) is 0 Å². The van der Waals surface area contributed by atoms with Crippen molar-refractivity contribution < 1.29 is 19.3 Å². The van der Waals surface area contributed by atoms with Gasteiger partial charge in [-0.15, -0.1) is 11.3 Å². The average molecular weight is 424 g/mol. The molecule has 0 spiro atoms. The highest BCUT2D eigenvalue weighted by Crippen LogP contribution is 2.37. The van der Waals surface area contributed by atoms with Gasteiger partial charge in [-0.05, 0) is 46.7 Å². The van der Waals surface area contributed by atoms with E-state index >= 15 is 0 Å². The molecule has 1 aromatic heterocycles. The third-order valence-corrected chi connectivity index (χ3v) is 6.64. The van der Waals surface area contributed by atoms with Gasteiger partial charge in [0.15, 0.2) is 11.5 Å². The highest BCUT2D eigenvalue weighted by Gasteiger charge is 2.30. The molecule has 5 nitrogen and oxygen atoms in total. The number of β-amino-alcohol motifs (C(OH)–C–C–N with tert-alkyl or cyclic N) is 1. The molecule has 1 N–H and O–H groups in total. The summed E-state index contributed by atoms with van der Waals surface area (Å²) >= 11 is 1.83. The molecule has 2 unspecified atom stereocenters. The first-order valence-corrected chi connectivity index (χ1v) is 11.2. The van der Waals surface area contributed by atoms with Gasteiger partial charge < -0.3 is 19.3 Å². The van der Waals surface area contributed by atoms with E-state index in [4.69, 9.17) is 14.2 Å². The van der Waals surface area contributed by atoms with E-state index in [0.29, 0.717) is 19.8 Å². The molecule has 2 aromatic carbocycles. The fraction of sp³-hybridized carbons (Fsp3) is 0.333. The van der Waals surface area contributed by atoms with Crippen LogP contribution in [0.3, 0.4) is 0 Å². The number of fused-ring (bicyclic) bond motifs is 2. The molecule has 156 valence electrons. The van der Waals surface area contributed by atoms with E-state index in [9.17, 15) is 5.11 Å². The maximum Gasteiger partial charge on any atom is 0.231 e. The van der Waals surface area contributed by atoms with Gasteiger partial charge in [-0.1, -0.05) is 36.4 Å². The number of nitrogens with zero attached hydrogens (tertiary/aromatic N) is 1. The Labute approximate surface area is 180 Å². The van der Waals surface area contributed by atoms with E-state index in [0.717, 1.165) is 30.0 Å². The second-order valence-corrected chi connectivity index (χ2v) is 8.71. The molecule has 3 heterocycles. The molecular formula is C24H25NO4S. The van der Waals surface area contributed by atoms with Gasteiger partial charge in [-0.25, -0.2) is 0 Å². The number of hydrogen-bond acceptors (Lipinski definition) is 6. The summed E-state index contributed by atoms with van der Waals surface area (Å²) in [6.07, 6.45) is 0.478. The molecule has 5 rings (SSSR count). The first-order valence-electron chi connectivity index (χ1n) is 10.3. The second-order valence-electron chi connectivity index (χ2n) is 7.71. The lowest BCUT2D eigenvalue weighted by molar-refractivity contribution is 0.00391. The second kappa shape index (κ2) is 8.78. The maximum absolute atomic E-state index is 10.7. The first-order chi connectivity index (χ1) is 14.8. The summed E-state index contributed by atoms with van der Waals surface area (Å²) in [5.41, 5.74) is 3.64. The van der Waals surface area contributed by atoms with E-state index in [-0.39, 0.29) is 12.8 Å². The van der Waals surface area contributed by atoms with Crippen molar-refractivity contribution in [2.75, 3.05) is 26.5 Å². The molecule has 0 bridgehead atoms. The number of benzene rings is 2. The molecular weight excluding hydrogens is 398 g/mol. The Balaban J connectivity index is 1.21. The van der Waals surface area contributed by atoms with Crippen molar-refractivity contribution in [3.63, 3.8) is 0 Å². The van der Waals surface area contributed by atoms with Gasteiger partial charge in [-0.2, -0.15) is 0 Å². The molecule has 0 amide bonds. The van der Waals surface area contributed by atoms with E-state index in [2.05, 4.69) is 40.6 Å². The molecule has 2 aliphatic heterocycles. The molecule has 30 heavy (non-hydrogen) atoms. The molecule has 3 aromatic rings. The molecule has 2 atom stereocenters. The molecule has 6 heteroatoms. The zero-order chi connectivity index (χ0) is 20.3. The van der Waals surface area contributed by atoms with Crippen LogP contribution >= 0.6 is 11.3 Å². The van der Waals surface area contributed by atoms with Crippen LogP contribution < -0.4 is 9.47 Å². The van der Waals surface area contributed by atoms with Crippen molar-refractivity contribution in [2.45, 2.75) is 25.2 Å². The summed E-state index contributed by atoms with van der Waals surface area (Å²) in [6, 6.07) is 18.8. The summed E-state index contributed by atoms with van der Waals surface area (Å²) in [4.78, 5) is 3.83.